The van der Waals surface area contributed by atoms with Crippen LogP contribution in [0.2, 0.25) is 0 Å². The number of fused-ring (bicyclic) bond motifs is 1. The summed E-state index contributed by atoms with van der Waals surface area (Å²) in [4.78, 5) is 13.8. The zero-order valence-corrected chi connectivity index (χ0v) is 8.72. The van der Waals surface area contributed by atoms with Gasteiger partial charge in [0.15, 0.2) is 0 Å². The molecule has 0 radical (unpaired) electrons. The highest BCUT2D eigenvalue weighted by Crippen LogP contribution is 2.19. The topological polar surface area (TPSA) is 33.5 Å². The van der Waals surface area contributed by atoms with Crippen molar-refractivity contribution in [2.24, 2.45) is 0 Å². The number of carbonyl (C=O) groups excluding carboxylic acids is 1. The molecule has 0 saturated carbocycles. The molecule has 0 aliphatic carbocycles. The molecule has 0 saturated heterocycles. The minimum Gasteiger partial charge on any atom is -0.464 e. The third kappa shape index (κ3) is 1.41. The minimum absolute atomic E-state index is 0.0526. The van der Waals surface area contributed by atoms with Gasteiger partial charge in [0, 0.05) is 23.7 Å². The van der Waals surface area contributed by atoms with Gasteiger partial charge in [-0.3, -0.25) is 4.79 Å². The minimum atomic E-state index is 0.0526. The van der Waals surface area contributed by atoms with E-state index in [0.717, 1.165) is 23.9 Å². The Morgan fingerprint density at radius 1 is 1.31 bits per heavy atom. The van der Waals surface area contributed by atoms with E-state index in [9.17, 15) is 4.79 Å². The summed E-state index contributed by atoms with van der Waals surface area (Å²) < 4.78 is 5.24. The summed E-state index contributed by atoms with van der Waals surface area (Å²) in [7, 11) is 0. The van der Waals surface area contributed by atoms with Crippen LogP contribution in [-0.4, -0.2) is 17.4 Å². The second-order valence-corrected chi connectivity index (χ2v) is 3.85. The van der Waals surface area contributed by atoms with E-state index in [2.05, 4.69) is 0 Å². The molecule has 3 rings (SSSR count). The van der Waals surface area contributed by atoms with Gasteiger partial charge in [-0.05, 0) is 30.7 Å². The number of hydrogen-bond donors (Lipinski definition) is 0. The van der Waals surface area contributed by atoms with Crippen LogP contribution in [-0.2, 0) is 0 Å². The van der Waals surface area contributed by atoms with Crippen molar-refractivity contribution in [1.29, 1.82) is 0 Å². The fourth-order valence-corrected chi connectivity index (χ4v) is 1.92. The van der Waals surface area contributed by atoms with Crippen LogP contribution in [0.3, 0.4) is 0 Å². The van der Waals surface area contributed by atoms with Gasteiger partial charge in [-0.25, -0.2) is 0 Å². The highest BCUT2D eigenvalue weighted by molar-refractivity contribution is 5.98. The lowest BCUT2D eigenvalue weighted by Crippen LogP contribution is -2.23. The largest absolute Gasteiger partial charge is 0.464 e. The second-order valence-electron chi connectivity index (χ2n) is 3.85. The molecule has 0 atom stereocenters. The molecule has 0 bridgehead atoms. The van der Waals surface area contributed by atoms with Crippen molar-refractivity contribution < 1.29 is 9.21 Å². The van der Waals surface area contributed by atoms with Crippen molar-refractivity contribution in [2.75, 3.05) is 6.54 Å². The van der Waals surface area contributed by atoms with E-state index in [1.54, 1.807) is 17.2 Å². The number of benzene rings is 1. The lowest BCUT2D eigenvalue weighted by atomic mass is 10.1. The molecule has 1 aromatic carbocycles. The van der Waals surface area contributed by atoms with Crippen LogP contribution in [0, 0.1) is 0 Å². The van der Waals surface area contributed by atoms with Gasteiger partial charge in [0.25, 0.3) is 5.91 Å². The van der Waals surface area contributed by atoms with E-state index < -0.39 is 0 Å². The molecule has 3 heteroatoms. The Bertz CT molecular complexity index is 568. The van der Waals surface area contributed by atoms with E-state index in [0.29, 0.717) is 5.56 Å². The number of hydrogen-bond acceptors (Lipinski definition) is 2. The SMILES string of the molecule is O=C(c1ccc2occc2c1)N1C=CCC1. The Labute approximate surface area is 93.0 Å². The van der Waals surface area contributed by atoms with Crippen molar-refractivity contribution in [3.63, 3.8) is 0 Å². The average molecular weight is 213 g/mol. The molecule has 1 aliphatic heterocycles. The summed E-state index contributed by atoms with van der Waals surface area (Å²) in [6.07, 6.45) is 6.44. The van der Waals surface area contributed by atoms with Crippen molar-refractivity contribution in [3.8, 4) is 0 Å². The quantitative estimate of drug-likeness (QED) is 0.729. The predicted octanol–water partition coefficient (Wildman–Crippen LogP) is 2.79. The van der Waals surface area contributed by atoms with Crippen LogP contribution in [0.15, 0.2) is 47.2 Å². The molecule has 1 amide bonds. The molecule has 16 heavy (non-hydrogen) atoms. The molecule has 1 aromatic heterocycles. The molecule has 0 unspecified atom stereocenters. The smallest absolute Gasteiger partial charge is 0.257 e. The zero-order valence-electron chi connectivity index (χ0n) is 8.72. The van der Waals surface area contributed by atoms with Gasteiger partial charge in [-0.1, -0.05) is 6.08 Å². The highest BCUT2D eigenvalue weighted by atomic mass is 16.3. The number of nitrogens with zero attached hydrogens (tertiary/aromatic N) is 1. The highest BCUT2D eigenvalue weighted by Gasteiger charge is 2.16. The molecular formula is C13H11NO2. The summed E-state index contributed by atoms with van der Waals surface area (Å²) in [6.45, 7) is 0.780. The van der Waals surface area contributed by atoms with E-state index in [-0.39, 0.29) is 5.91 Å². The Kier molecular flexibility index (Phi) is 2.03. The molecule has 0 fully saturated rings. The van der Waals surface area contributed by atoms with E-state index >= 15 is 0 Å². The van der Waals surface area contributed by atoms with Crippen LogP contribution in [0.5, 0.6) is 0 Å². The van der Waals surface area contributed by atoms with Crippen LogP contribution < -0.4 is 0 Å². The van der Waals surface area contributed by atoms with Gasteiger partial charge in [0.2, 0.25) is 0 Å². The standard InChI is InChI=1S/C13H11NO2/c15-13(14-6-1-2-7-14)11-3-4-12-10(9-11)5-8-16-12/h1,3-6,8-9H,2,7H2. The first-order valence-electron chi connectivity index (χ1n) is 5.29. The zero-order chi connectivity index (χ0) is 11.0. The van der Waals surface area contributed by atoms with Crippen molar-refractivity contribution in [2.45, 2.75) is 6.42 Å². The van der Waals surface area contributed by atoms with Crippen molar-refractivity contribution >= 4 is 16.9 Å². The van der Waals surface area contributed by atoms with Crippen LogP contribution in [0.4, 0.5) is 0 Å². The average Bonchev–Trinajstić information content (AvgIpc) is 2.98. The Morgan fingerprint density at radius 2 is 2.25 bits per heavy atom. The lowest BCUT2D eigenvalue weighted by Gasteiger charge is -2.12. The second kappa shape index (κ2) is 3.52. The van der Waals surface area contributed by atoms with Gasteiger partial charge in [0.05, 0.1) is 6.26 Å². The predicted molar refractivity (Wildman–Crippen MR) is 61.0 cm³/mol. The Morgan fingerprint density at radius 3 is 3.06 bits per heavy atom. The van der Waals surface area contributed by atoms with Gasteiger partial charge < -0.3 is 9.32 Å². The molecule has 0 N–H and O–H groups in total. The maximum absolute atomic E-state index is 12.1. The normalized spacial score (nSPS) is 14.9. The summed E-state index contributed by atoms with van der Waals surface area (Å²) in [5, 5.41) is 0.967. The Balaban J connectivity index is 1.98. The Hall–Kier alpha value is -2.03. The summed E-state index contributed by atoms with van der Waals surface area (Å²) in [5.74, 6) is 0.0526. The van der Waals surface area contributed by atoms with E-state index in [1.807, 2.05) is 30.5 Å². The summed E-state index contributed by atoms with van der Waals surface area (Å²) in [6, 6.07) is 7.38. The van der Waals surface area contributed by atoms with Crippen molar-refractivity contribution in [3.05, 3.63) is 48.4 Å². The fraction of sp³-hybridized carbons (Fsp3) is 0.154. The molecule has 1 aliphatic rings. The van der Waals surface area contributed by atoms with Crippen LogP contribution in [0.1, 0.15) is 16.8 Å². The van der Waals surface area contributed by atoms with Gasteiger partial charge in [0.1, 0.15) is 5.58 Å². The van der Waals surface area contributed by atoms with Gasteiger partial charge in [-0.15, -0.1) is 0 Å². The van der Waals surface area contributed by atoms with E-state index in [1.165, 1.54) is 0 Å². The molecule has 2 heterocycles. The lowest BCUT2D eigenvalue weighted by molar-refractivity contribution is 0.0833. The summed E-state index contributed by atoms with van der Waals surface area (Å²) in [5.41, 5.74) is 1.52. The first kappa shape index (κ1) is 9.21. The third-order valence-electron chi connectivity index (χ3n) is 2.78. The van der Waals surface area contributed by atoms with Gasteiger partial charge >= 0.3 is 0 Å². The molecule has 2 aromatic rings. The van der Waals surface area contributed by atoms with Gasteiger partial charge in [-0.2, -0.15) is 0 Å². The first-order valence-corrected chi connectivity index (χ1v) is 5.29. The number of rotatable bonds is 1. The molecule has 0 spiro atoms. The maximum Gasteiger partial charge on any atom is 0.257 e. The number of furan rings is 1. The molecular weight excluding hydrogens is 202 g/mol. The molecule has 3 nitrogen and oxygen atoms in total. The first-order chi connectivity index (χ1) is 7.84. The number of amides is 1. The van der Waals surface area contributed by atoms with Crippen LogP contribution >= 0.6 is 0 Å². The third-order valence-corrected chi connectivity index (χ3v) is 2.78. The fourth-order valence-electron chi connectivity index (χ4n) is 1.92. The molecule has 80 valence electrons. The van der Waals surface area contributed by atoms with Crippen molar-refractivity contribution in [1.82, 2.24) is 4.90 Å². The van der Waals surface area contributed by atoms with E-state index in [4.69, 9.17) is 4.42 Å². The maximum atomic E-state index is 12.1. The number of carbonyl (C=O) groups is 1. The van der Waals surface area contributed by atoms with Crippen LogP contribution in [0.25, 0.3) is 11.0 Å². The summed E-state index contributed by atoms with van der Waals surface area (Å²) >= 11 is 0. The monoisotopic (exact) mass is 213 g/mol.